The Labute approximate surface area is 103 Å². The van der Waals surface area contributed by atoms with Crippen molar-refractivity contribution in [1.29, 1.82) is 0 Å². The van der Waals surface area contributed by atoms with Crippen LogP contribution >= 0.6 is 11.6 Å². The summed E-state index contributed by atoms with van der Waals surface area (Å²) in [5.74, 6) is 0.0117. The molecule has 3 nitrogen and oxygen atoms in total. The number of carboxylic acids is 1. The molecule has 0 saturated carbocycles. The number of benzene rings is 2. The standard InChI is InChI=1S/C13H9ClO3/c14-12-7-6-10(8-11(12)13(15)16)17-9-4-2-1-3-5-9/h1-8H,(H,15,16). The highest BCUT2D eigenvalue weighted by molar-refractivity contribution is 6.33. The van der Waals surface area contributed by atoms with Crippen LogP contribution in [-0.2, 0) is 0 Å². The number of para-hydroxylation sites is 1. The molecule has 0 unspecified atom stereocenters. The van der Waals surface area contributed by atoms with Crippen LogP contribution in [0.1, 0.15) is 10.4 Å². The Morgan fingerprint density at radius 2 is 1.76 bits per heavy atom. The van der Waals surface area contributed by atoms with Crippen molar-refractivity contribution in [1.82, 2.24) is 0 Å². The van der Waals surface area contributed by atoms with Crippen molar-refractivity contribution in [3.63, 3.8) is 0 Å². The number of ether oxygens (including phenoxy) is 1. The molecular weight excluding hydrogens is 240 g/mol. The third-order valence-corrected chi connectivity index (χ3v) is 2.48. The van der Waals surface area contributed by atoms with Crippen molar-refractivity contribution in [3.8, 4) is 11.5 Å². The monoisotopic (exact) mass is 248 g/mol. The van der Waals surface area contributed by atoms with Gasteiger partial charge in [-0.05, 0) is 30.3 Å². The first-order chi connectivity index (χ1) is 8.16. The minimum atomic E-state index is -1.08. The van der Waals surface area contributed by atoms with Crippen LogP contribution in [0, 0.1) is 0 Å². The maximum atomic E-state index is 10.9. The molecule has 0 spiro atoms. The summed E-state index contributed by atoms with van der Waals surface area (Å²) in [4.78, 5) is 10.9. The van der Waals surface area contributed by atoms with Gasteiger partial charge >= 0.3 is 5.97 Å². The second-order valence-corrected chi connectivity index (χ2v) is 3.77. The molecule has 0 aliphatic rings. The fraction of sp³-hybridized carbons (Fsp3) is 0. The molecular formula is C13H9ClO3. The van der Waals surface area contributed by atoms with Gasteiger partial charge in [0.15, 0.2) is 0 Å². The lowest BCUT2D eigenvalue weighted by Crippen LogP contribution is -1.97. The predicted molar refractivity (Wildman–Crippen MR) is 64.9 cm³/mol. The molecule has 4 heteroatoms. The first-order valence-corrected chi connectivity index (χ1v) is 5.30. The van der Waals surface area contributed by atoms with Crippen molar-refractivity contribution >= 4 is 17.6 Å². The van der Waals surface area contributed by atoms with Crippen molar-refractivity contribution in [2.75, 3.05) is 0 Å². The quantitative estimate of drug-likeness (QED) is 0.898. The summed E-state index contributed by atoms with van der Waals surface area (Å²) in [6, 6.07) is 13.6. The van der Waals surface area contributed by atoms with Crippen LogP contribution in [0.5, 0.6) is 11.5 Å². The van der Waals surface area contributed by atoms with E-state index in [4.69, 9.17) is 21.4 Å². The Morgan fingerprint density at radius 3 is 2.41 bits per heavy atom. The first kappa shape index (κ1) is 11.5. The van der Waals surface area contributed by atoms with E-state index in [1.54, 1.807) is 18.2 Å². The zero-order valence-corrected chi connectivity index (χ0v) is 9.52. The predicted octanol–water partition coefficient (Wildman–Crippen LogP) is 3.83. The lowest BCUT2D eigenvalue weighted by atomic mass is 10.2. The van der Waals surface area contributed by atoms with E-state index in [1.165, 1.54) is 12.1 Å². The van der Waals surface area contributed by atoms with Crippen LogP contribution in [0.2, 0.25) is 5.02 Å². The molecule has 0 bridgehead atoms. The molecule has 0 atom stereocenters. The smallest absolute Gasteiger partial charge is 0.337 e. The van der Waals surface area contributed by atoms with Gasteiger partial charge in [-0.2, -0.15) is 0 Å². The Bertz CT molecular complexity index is 538. The number of carbonyl (C=O) groups is 1. The van der Waals surface area contributed by atoms with E-state index >= 15 is 0 Å². The molecule has 0 aliphatic carbocycles. The topological polar surface area (TPSA) is 46.5 Å². The Balaban J connectivity index is 2.29. The summed E-state index contributed by atoms with van der Waals surface area (Å²) < 4.78 is 5.50. The second-order valence-electron chi connectivity index (χ2n) is 3.36. The number of hydrogen-bond donors (Lipinski definition) is 1. The molecule has 0 heterocycles. The summed E-state index contributed by atoms with van der Waals surface area (Å²) >= 11 is 5.76. The van der Waals surface area contributed by atoms with Crippen LogP contribution in [-0.4, -0.2) is 11.1 Å². The Morgan fingerprint density at radius 1 is 1.06 bits per heavy atom. The van der Waals surface area contributed by atoms with Crippen LogP contribution in [0.25, 0.3) is 0 Å². The SMILES string of the molecule is O=C(O)c1cc(Oc2ccccc2)ccc1Cl. The highest BCUT2D eigenvalue weighted by Crippen LogP contribution is 2.26. The van der Waals surface area contributed by atoms with Gasteiger partial charge in [-0.15, -0.1) is 0 Å². The molecule has 0 amide bonds. The lowest BCUT2D eigenvalue weighted by Gasteiger charge is -2.06. The molecule has 1 N–H and O–H groups in total. The molecule has 17 heavy (non-hydrogen) atoms. The average Bonchev–Trinajstić information content (AvgIpc) is 2.32. The van der Waals surface area contributed by atoms with Crippen molar-refractivity contribution in [3.05, 3.63) is 59.1 Å². The Kier molecular flexibility index (Phi) is 3.30. The maximum Gasteiger partial charge on any atom is 0.337 e. The van der Waals surface area contributed by atoms with Gasteiger partial charge in [0, 0.05) is 0 Å². The third-order valence-electron chi connectivity index (χ3n) is 2.15. The molecule has 0 saturated heterocycles. The van der Waals surface area contributed by atoms with Crippen LogP contribution in [0.4, 0.5) is 0 Å². The largest absolute Gasteiger partial charge is 0.478 e. The summed E-state index contributed by atoms with van der Waals surface area (Å²) in [6.45, 7) is 0. The summed E-state index contributed by atoms with van der Waals surface area (Å²) in [6.07, 6.45) is 0. The van der Waals surface area contributed by atoms with Crippen LogP contribution < -0.4 is 4.74 Å². The lowest BCUT2D eigenvalue weighted by molar-refractivity contribution is 0.0696. The molecule has 86 valence electrons. The number of carboxylic acid groups (broad SMARTS) is 1. The molecule has 0 aliphatic heterocycles. The van der Waals surface area contributed by atoms with Gasteiger partial charge in [-0.3, -0.25) is 0 Å². The summed E-state index contributed by atoms with van der Waals surface area (Å²) in [5.41, 5.74) is 0.0279. The van der Waals surface area contributed by atoms with Gasteiger partial charge in [-0.1, -0.05) is 29.8 Å². The van der Waals surface area contributed by atoms with E-state index in [9.17, 15) is 4.79 Å². The fourth-order valence-electron chi connectivity index (χ4n) is 1.36. The van der Waals surface area contributed by atoms with E-state index < -0.39 is 5.97 Å². The molecule has 2 aromatic rings. The second kappa shape index (κ2) is 4.89. The number of halogens is 1. The van der Waals surface area contributed by atoms with Gasteiger partial charge in [0.2, 0.25) is 0 Å². The highest BCUT2D eigenvalue weighted by Gasteiger charge is 2.10. The van der Waals surface area contributed by atoms with E-state index in [2.05, 4.69) is 0 Å². The average molecular weight is 249 g/mol. The van der Waals surface area contributed by atoms with Gasteiger partial charge in [0.1, 0.15) is 11.5 Å². The van der Waals surface area contributed by atoms with Gasteiger partial charge < -0.3 is 9.84 Å². The minimum absolute atomic E-state index is 0.0279. The molecule has 0 fully saturated rings. The maximum absolute atomic E-state index is 10.9. The molecule has 2 rings (SSSR count). The number of hydrogen-bond acceptors (Lipinski definition) is 2. The van der Waals surface area contributed by atoms with Crippen LogP contribution in [0.3, 0.4) is 0 Å². The van der Waals surface area contributed by atoms with E-state index in [0.29, 0.717) is 11.5 Å². The van der Waals surface area contributed by atoms with Crippen LogP contribution in [0.15, 0.2) is 48.5 Å². The molecule has 0 radical (unpaired) electrons. The van der Waals surface area contributed by atoms with E-state index in [-0.39, 0.29) is 10.6 Å². The van der Waals surface area contributed by atoms with Crippen molar-refractivity contribution in [2.45, 2.75) is 0 Å². The normalized spacial score (nSPS) is 9.94. The zero-order valence-electron chi connectivity index (χ0n) is 8.76. The van der Waals surface area contributed by atoms with Gasteiger partial charge in [0.25, 0.3) is 0 Å². The number of aromatic carboxylic acids is 1. The molecule has 0 aromatic heterocycles. The summed E-state index contributed by atoms with van der Waals surface area (Å²) in [7, 11) is 0. The first-order valence-electron chi connectivity index (χ1n) is 4.92. The van der Waals surface area contributed by atoms with E-state index in [1.807, 2.05) is 18.2 Å². The third kappa shape index (κ3) is 2.77. The highest BCUT2D eigenvalue weighted by atomic mass is 35.5. The minimum Gasteiger partial charge on any atom is -0.478 e. The van der Waals surface area contributed by atoms with Crippen molar-refractivity contribution < 1.29 is 14.6 Å². The Hall–Kier alpha value is -2.00. The van der Waals surface area contributed by atoms with E-state index in [0.717, 1.165) is 0 Å². The summed E-state index contributed by atoms with van der Waals surface area (Å²) in [5, 5.41) is 9.11. The zero-order chi connectivity index (χ0) is 12.3. The number of rotatable bonds is 3. The van der Waals surface area contributed by atoms with Gasteiger partial charge in [0.05, 0.1) is 10.6 Å². The fourth-order valence-corrected chi connectivity index (χ4v) is 1.55. The van der Waals surface area contributed by atoms with Gasteiger partial charge in [-0.25, -0.2) is 4.79 Å². The molecule has 2 aromatic carbocycles. The van der Waals surface area contributed by atoms with Crippen molar-refractivity contribution in [2.24, 2.45) is 0 Å².